The van der Waals surface area contributed by atoms with E-state index in [9.17, 15) is 14.0 Å². The van der Waals surface area contributed by atoms with E-state index >= 15 is 0 Å². The van der Waals surface area contributed by atoms with Gasteiger partial charge in [0.2, 0.25) is 0 Å². The van der Waals surface area contributed by atoms with Crippen molar-refractivity contribution in [2.24, 2.45) is 5.92 Å². The van der Waals surface area contributed by atoms with Gasteiger partial charge >= 0.3 is 5.97 Å². The summed E-state index contributed by atoms with van der Waals surface area (Å²) in [7, 11) is 1.32. The highest BCUT2D eigenvalue weighted by Crippen LogP contribution is 2.18. The largest absolute Gasteiger partial charge is 0.491 e. The molecule has 0 heterocycles. The van der Waals surface area contributed by atoms with Crippen LogP contribution in [0.4, 0.5) is 4.39 Å². The zero-order valence-electron chi connectivity index (χ0n) is 16.6. The van der Waals surface area contributed by atoms with E-state index in [0.29, 0.717) is 11.3 Å². The van der Waals surface area contributed by atoms with Crippen LogP contribution in [0.15, 0.2) is 48.5 Å². The van der Waals surface area contributed by atoms with Crippen molar-refractivity contribution in [2.45, 2.75) is 33.4 Å². The Kier molecular flexibility index (Phi) is 7.55. The van der Waals surface area contributed by atoms with Gasteiger partial charge in [-0.1, -0.05) is 19.1 Å². The van der Waals surface area contributed by atoms with E-state index in [2.05, 4.69) is 0 Å². The number of carbonyl (C=O) groups is 2. The second kappa shape index (κ2) is 9.88. The molecule has 2 aromatic rings. The van der Waals surface area contributed by atoms with Gasteiger partial charge in [0.25, 0.3) is 5.91 Å². The minimum absolute atomic E-state index is 0.0393. The molecule has 0 saturated carbocycles. The van der Waals surface area contributed by atoms with Gasteiger partial charge in [0.15, 0.2) is 0 Å². The smallest absolute Gasteiger partial charge is 0.310 e. The lowest BCUT2D eigenvalue weighted by atomic mass is 10.1. The maximum atomic E-state index is 13.2. The molecule has 0 saturated heterocycles. The van der Waals surface area contributed by atoms with Crippen LogP contribution in [0.25, 0.3) is 0 Å². The van der Waals surface area contributed by atoms with Crippen LogP contribution in [-0.4, -0.2) is 36.5 Å². The van der Waals surface area contributed by atoms with Crippen molar-refractivity contribution in [1.82, 2.24) is 4.90 Å². The zero-order chi connectivity index (χ0) is 20.7. The summed E-state index contributed by atoms with van der Waals surface area (Å²) < 4.78 is 23.6. The third kappa shape index (κ3) is 6.08. The molecular formula is C22H26FNO4. The van der Waals surface area contributed by atoms with Gasteiger partial charge in [-0.2, -0.15) is 0 Å². The lowest BCUT2D eigenvalue weighted by molar-refractivity contribution is -0.145. The summed E-state index contributed by atoms with van der Waals surface area (Å²) in [5, 5.41) is 0. The van der Waals surface area contributed by atoms with Gasteiger partial charge in [0.1, 0.15) is 11.6 Å². The number of hydrogen-bond donors (Lipinski definition) is 0. The molecule has 1 unspecified atom stereocenters. The monoisotopic (exact) mass is 387 g/mol. The molecule has 1 amide bonds. The minimum Gasteiger partial charge on any atom is -0.491 e. The van der Waals surface area contributed by atoms with Gasteiger partial charge in [-0.25, -0.2) is 4.39 Å². The highest BCUT2D eigenvalue weighted by molar-refractivity contribution is 5.94. The molecule has 0 aliphatic heterocycles. The normalized spacial score (nSPS) is 11.8. The Morgan fingerprint density at radius 1 is 1.00 bits per heavy atom. The molecule has 6 heteroatoms. The molecule has 0 aliphatic rings. The van der Waals surface area contributed by atoms with E-state index in [1.54, 1.807) is 48.2 Å². The van der Waals surface area contributed by atoms with Crippen LogP contribution in [0.3, 0.4) is 0 Å². The first-order valence-corrected chi connectivity index (χ1v) is 9.18. The van der Waals surface area contributed by atoms with Crippen molar-refractivity contribution in [3.63, 3.8) is 0 Å². The fourth-order valence-corrected chi connectivity index (χ4v) is 2.77. The lowest BCUT2D eigenvalue weighted by Crippen LogP contribution is -2.36. The Morgan fingerprint density at radius 2 is 1.61 bits per heavy atom. The highest BCUT2D eigenvalue weighted by atomic mass is 19.1. The molecule has 0 radical (unpaired) electrons. The third-order valence-corrected chi connectivity index (χ3v) is 4.14. The van der Waals surface area contributed by atoms with E-state index in [1.165, 1.54) is 19.2 Å². The maximum absolute atomic E-state index is 13.2. The van der Waals surface area contributed by atoms with E-state index in [-0.39, 0.29) is 30.9 Å². The first-order valence-electron chi connectivity index (χ1n) is 9.18. The molecule has 0 N–H and O–H groups in total. The van der Waals surface area contributed by atoms with Crippen LogP contribution < -0.4 is 4.74 Å². The molecule has 1 atom stereocenters. The summed E-state index contributed by atoms with van der Waals surface area (Å²) in [6.45, 7) is 6.00. The van der Waals surface area contributed by atoms with E-state index in [0.717, 1.165) is 5.56 Å². The number of amides is 1. The van der Waals surface area contributed by atoms with Crippen molar-refractivity contribution < 1.29 is 23.5 Å². The summed E-state index contributed by atoms with van der Waals surface area (Å²) in [5.41, 5.74) is 1.25. The number of methoxy groups -OCH3 is 1. The Hall–Kier alpha value is -2.89. The quantitative estimate of drug-likeness (QED) is 0.641. The Bertz CT molecular complexity index is 787. The van der Waals surface area contributed by atoms with Crippen LogP contribution >= 0.6 is 0 Å². The van der Waals surface area contributed by atoms with Crippen molar-refractivity contribution in [1.29, 1.82) is 0 Å². The average Bonchev–Trinajstić information content (AvgIpc) is 2.68. The Morgan fingerprint density at radius 3 is 2.14 bits per heavy atom. The average molecular weight is 387 g/mol. The number of rotatable bonds is 8. The number of carbonyl (C=O) groups excluding carboxylic acids is 2. The van der Waals surface area contributed by atoms with E-state index in [4.69, 9.17) is 9.47 Å². The third-order valence-electron chi connectivity index (χ3n) is 4.14. The number of ether oxygens (including phenoxy) is 2. The summed E-state index contributed by atoms with van der Waals surface area (Å²) in [5.74, 6) is -0.767. The van der Waals surface area contributed by atoms with Gasteiger partial charge in [-0.05, 0) is 55.8 Å². The fraction of sp³-hybridized carbons (Fsp3) is 0.364. The second-order valence-electron chi connectivity index (χ2n) is 6.93. The standard InChI is InChI=1S/C22H26FNO4/c1-15(2)28-20-11-7-18(8-12-20)21(25)24(13-16(3)22(26)27-4)14-17-5-9-19(23)10-6-17/h5-12,15-16H,13-14H2,1-4H3. The van der Waals surface area contributed by atoms with Gasteiger partial charge in [-0.15, -0.1) is 0 Å². The maximum Gasteiger partial charge on any atom is 0.310 e. The van der Waals surface area contributed by atoms with Gasteiger partial charge in [0.05, 0.1) is 19.1 Å². The summed E-state index contributed by atoms with van der Waals surface area (Å²) in [4.78, 5) is 26.4. The SMILES string of the molecule is COC(=O)C(C)CN(Cc1ccc(F)cc1)C(=O)c1ccc(OC(C)C)cc1. The van der Waals surface area contributed by atoms with Crippen molar-refractivity contribution in [3.8, 4) is 5.75 Å². The number of hydrogen-bond acceptors (Lipinski definition) is 4. The van der Waals surface area contributed by atoms with Gasteiger partial charge in [0, 0.05) is 18.7 Å². The van der Waals surface area contributed by atoms with Crippen LogP contribution in [-0.2, 0) is 16.1 Å². The van der Waals surface area contributed by atoms with Crippen LogP contribution in [0, 0.1) is 11.7 Å². The first kappa shape index (κ1) is 21.4. The minimum atomic E-state index is -0.488. The molecule has 0 bridgehead atoms. The van der Waals surface area contributed by atoms with Crippen molar-refractivity contribution in [2.75, 3.05) is 13.7 Å². The van der Waals surface area contributed by atoms with Crippen LogP contribution in [0.2, 0.25) is 0 Å². The predicted octanol–water partition coefficient (Wildman–Crippen LogP) is 4.06. The molecule has 0 fully saturated rings. The number of nitrogens with zero attached hydrogens (tertiary/aromatic N) is 1. The zero-order valence-corrected chi connectivity index (χ0v) is 16.6. The van der Waals surface area contributed by atoms with Gasteiger partial charge in [-0.3, -0.25) is 9.59 Å². The van der Waals surface area contributed by atoms with Crippen molar-refractivity contribution >= 4 is 11.9 Å². The second-order valence-corrected chi connectivity index (χ2v) is 6.93. The van der Waals surface area contributed by atoms with Crippen molar-refractivity contribution in [3.05, 3.63) is 65.5 Å². The van der Waals surface area contributed by atoms with Crippen LogP contribution in [0.5, 0.6) is 5.75 Å². The van der Waals surface area contributed by atoms with Crippen LogP contribution in [0.1, 0.15) is 36.7 Å². The van der Waals surface area contributed by atoms with E-state index in [1.807, 2.05) is 13.8 Å². The lowest BCUT2D eigenvalue weighted by Gasteiger charge is -2.25. The molecule has 0 aliphatic carbocycles. The molecular weight excluding hydrogens is 361 g/mol. The molecule has 28 heavy (non-hydrogen) atoms. The first-order chi connectivity index (χ1) is 13.3. The molecule has 2 aromatic carbocycles. The number of esters is 1. The molecule has 150 valence electrons. The number of halogens is 1. The summed E-state index contributed by atoms with van der Waals surface area (Å²) >= 11 is 0. The molecule has 0 aromatic heterocycles. The predicted molar refractivity (Wildman–Crippen MR) is 105 cm³/mol. The van der Waals surface area contributed by atoms with E-state index < -0.39 is 11.9 Å². The summed E-state index contributed by atoms with van der Waals surface area (Å²) in [6.07, 6.45) is 0.0393. The topological polar surface area (TPSA) is 55.8 Å². The Labute approximate surface area is 165 Å². The molecule has 2 rings (SSSR count). The van der Waals surface area contributed by atoms with Gasteiger partial charge < -0.3 is 14.4 Å². The fourth-order valence-electron chi connectivity index (χ4n) is 2.77. The number of benzene rings is 2. The molecule has 0 spiro atoms. The molecule has 5 nitrogen and oxygen atoms in total. The Balaban J connectivity index is 2.21. The highest BCUT2D eigenvalue weighted by Gasteiger charge is 2.23. The summed E-state index contributed by atoms with van der Waals surface area (Å²) in [6, 6.07) is 12.8.